The van der Waals surface area contributed by atoms with Crippen LogP contribution in [0.5, 0.6) is 0 Å². The Bertz CT molecular complexity index is 1320. The minimum Gasteiger partial charge on any atom is -0.395 e. The maximum absolute atomic E-state index is 12.4. The maximum Gasteiger partial charge on any atom is 0.223 e. The number of likely N-dealkylation sites (N-methyl/N-ethyl adjacent to an activating group) is 2. The molecule has 0 spiro atoms. The molecule has 0 saturated carbocycles. The van der Waals surface area contributed by atoms with Gasteiger partial charge >= 0.3 is 0 Å². The van der Waals surface area contributed by atoms with Gasteiger partial charge in [-0.1, -0.05) is 109 Å². The third kappa shape index (κ3) is 19.0. The van der Waals surface area contributed by atoms with Crippen LogP contribution in [0, 0.1) is 0 Å². The van der Waals surface area contributed by atoms with Gasteiger partial charge in [-0.15, -0.1) is 0 Å². The number of carbonyl (C=O) groups is 1. The Morgan fingerprint density at radius 1 is 0.771 bits per heavy atom. The zero-order valence-electron chi connectivity index (χ0n) is 26.5. The van der Waals surface area contributed by atoms with E-state index >= 15 is 0 Å². The van der Waals surface area contributed by atoms with E-state index in [0.717, 1.165) is 33.9 Å². The quantitative estimate of drug-likeness (QED) is 0.0696. The molecule has 0 bridgehead atoms. The van der Waals surface area contributed by atoms with Crippen molar-refractivity contribution >= 4 is 52.3 Å². The third-order valence-corrected chi connectivity index (χ3v) is 7.46. The Kier molecular flexibility index (Phi) is 25.1. The Morgan fingerprint density at radius 3 is 1.40 bits per heavy atom. The van der Waals surface area contributed by atoms with Gasteiger partial charge < -0.3 is 25.3 Å². The molecule has 4 aromatic carbocycles. The van der Waals surface area contributed by atoms with Crippen LogP contribution in [0.15, 0.2) is 110 Å². The van der Waals surface area contributed by atoms with E-state index in [-0.39, 0.29) is 32.5 Å². The molecule has 0 radical (unpaired) electrons. The van der Waals surface area contributed by atoms with Crippen molar-refractivity contribution in [3.05, 3.63) is 152 Å². The molecule has 11 heteroatoms. The van der Waals surface area contributed by atoms with Gasteiger partial charge in [-0.05, 0) is 84.3 Å². The lowest BCUT2D eigenvalue weighted by molar-refractivity contribution is -0.186. The van der Waals surface area contributed by atoms with Crippen LogP contribution >= 0.6 is 46.4 Å². The number of hydrogen-bond acceptors (Lipinski definition) is 6. The molecule has 0 atom stereocenters. The monoisotopic (exact) mass is 738 g/mol. The van der Waals surface area contributed by atoms with Gasteiger partial charge in [0.25, 0.3) is 0 Å². The summed E-state index contributed by atoms with van der Waals surface area (Å²) in [7, 11) is 3.50. The summed E-state index contributed by atoms with van der Waals surface area (Å²) < 4.78 is 0. The van der Waals surface area contributed by atoms with E-state index in [9.17, 15) is 4.79 Å². The number of benzene rings is 4. The lowest BCUT2D eigenvalue weighted by atomic mass is 9.88. The first-order valence-electron chi connectivity index (χ1n) is 14.6. The average Bonchev–Trinajstić information content (AvgIpc) is 3.08. The highest BCUT2D eigenvalue weighted by Crippen LogP contribution is 2.30. The molecule has 0 saturated heterocycles. The van der Waals surface area contributed by atoms with Gasteiger partial charge in [0.05, 0.1) is 13.2 Å². The topological polar surface area (TPSA) is 102 Å². The maximum atomic E-state index is 12.4. The van der Waals surface area contributed by atoms with Crippen molar-refractivity contribution in [3.8, 4) is 0 Å². The number of aliphatic hydroxyl groups excluding tert-OH is 2. The number of carbonyl (C=O) groups excluding carboxylic acids is 1. The standard InChI is InChI=1S/C18H19Cl2NO2.C13H10Cl2.C3H9NO.C2H4O2.CH4/c1-21(10-11-22)18(23)12-17(13-2-6-15(19)7-3-13)14-4-8-16(20)9-5-14;14-12-5-1-10(2-6-12)9-11-3-7-13(15)8-4-11;1-4-2-3-5;1-2-4-3;/h2-9,17,22H,10-12H2,1H3;1-8H,9H2;4-5H,2-3H2,1H3;2-3H,1H2;1H4. The molecule has 0 unspecified atom stereocenters. The molecule has 48 heavy (non-hydrogen) atoms. The second kappa shape index (κ2) is 26.8. The summed E-state index contributed by atoms with van der Waals surface area (Å²) in [5.74, 6) is -0.105. The average molecular weight is 741 g/mol. The first-order valence-corrected chi connectivity index (χ1v) is 16.1. The van der Waals surface area contributed by atoms with Crippen LogP contribution in [0.1, 0.15) is 42.0 Å². The predicted molar refractivity (Wildman–Crippen MR) is 201 cm³/mol. The number of hydrogen-bond donors (Lipinski definition) is 4. The van der Waals surface area contributed by atoms with Gasteiger partial charge in [-0.3, -0.25) is 4.79 Å². The van der Waals surface area contributed by atoms with E-state index in [1.807, 2.05) is 97.1 Å². The number of rotatable bonds is 11. The summed E-state index contributed by atoms with van der Waals surface area (Å²) >= 11 is 23.6. The van der Waals surface area contributed by atoms with Gasteiger partial charge in [0.2, 0.25) is 5.91 Å². The molecule has 0 fully saturated rings. The van der Waals surface area contributed by atoms with Gasteiger partial charge in [0.15, 0.2) is 0 Å². The summed E-state index contributed by atoms with van der Waals surface area (Å²) in [5.41, 5.74) is 4.54. The van der Waals surface area contributed by atoms with Crippen molar-refractivity contribution < 1.29 is 25.2 Å². The number of nitrogens with zero attached hydrogens (tertiary/aromatic N) is 1. The van der Waals surface area contributed by atoms with Gasteiger partial charge in [-0.2, -0.15) is 0 Å². The molecule has 0 heterocycles. The minimum absolute atomic E-state index is 0. The van der Waals surface area contributed by atoms with Crippen LogP contribution in [0.2, 0.25) is 20.1 Å². The Hall–Kier alpha value is -3.11. The fraction of sp³-hybridized carbons (Fsp3) is 0.270. The van der Waals surface area contributed by atoms with E-state index < -0.39 is 0 Å². The number of aliphatic hydroxyl groups is 2. The van der Waals surface area contributed by atoms with Crippen molar-refractivity contribution in [1.29, 1.82) is 0 Å². The third-order valence-electron chi connectivity index (χ3n) is 6.46. The number of nitrogens with one attached hydrogen (secondary N) is 1. The van der Waals surface area contributed by atoms with E-state index in [1.54, 1.807) is 19.0 Å². The first-order chi connectivity index (χ1) is 22.6. The summed E-state index contributed by atoms with van der Waals surface area (Å²) in [6.07, 6.45) is 2.16. The molecule has 0 aliphatic carbocycles. The molecule has 4 aromatic rings. The van der Waals surface area contributed by atoms with E-state index in [1.165, 1.54) is 11.1 Å². The minimum atomic E-state index is -0.0850. The van der Waals surface area contributed by atoms with Crippen LogP contribution in [0.25, 0.3) is 0 Å². The molecule has 0 aromatic heterocycles. The zero-order chi connectivity index (χ0) is 35.0. The van der Waals surface area contributed by atoms with Crippen LogP contribution in [0.4, 0.5) is 0 Å². The highest BCUT2D eigenvalue weighted by Gasteiger charge is 2.20. The highest BCUT2D eigenvalue weighted by atomic mass is 35.5. The lowest BCUT2D eigenvalue weighted by Crippen LogP contribution is -2.30. The second-order valence-corrected chi connectivity index (χ2v) is 11.7. The summed E-state index contributed by atoms with van der Waals surface area (Å²) in [6.45, 7) is 4.21. The summed E-state index contributed by atoms with van der Waals surface area (Å²) in [6, 6.07) is 30.8. The van der Waals surface area contributed by atoms with Crippen molar-refractivity contribution in [2.24, 2.45) is 0 Å². The molecule has 1 amide bonds. The smallest absolute Gasteiger partial charge is 0.223 e. The van der Waals surface area contributed by atoms with Crippen molar-refractivity contribution in [2.75, 3.05) is 40.4 Å². The Labute approximate surface area is 305 Å². The number of amides is 1. The largest absolute Gasteiger partial charge is 0.395 e. The van der Waals surface area contributed by atoms with E-state index in [4.69, 9.17) is 61.9 Å². The van der Waals surface area contributed by atoms with Gasteiger partial charge in [0, 0.05) is 52.6 Å². The van der Waals surface area contributed by atoms with Crippen LogP contribution < -0.4 is 5.32 Å². The lowest BCUT2D eigenvalue weighted by Gasteiger charge is -2.22. The SMILES string of the molecule is C.C=COO.CN(CCO)C(=O)CC(c1ccc(Cl)cc1)c1ccc(Cl)cc1.CNCCO.Clc1ccc(Cc2ccc(Cl)cc2)cc1. The van der Waals surface area contributed by atoms with Gasteiger partial charge in [-0.25, -0.2) is 5.26 Å². The normalized spacial score (nSPS) is 9.71. The molecule has 0 aliphatic rings. The van der Waals surface area contributed by atoms with E-state index in [2.05, 4.69) is 16.8 Å². The second-order valence-electron chi connectivity index (χ2n) is 9.93. The molecular formula is C37H46Cl4N2O5. The highest BCUT2D eigenvalue weighted by molar-refractivity contribution is 6.31. The summed E-state index contributed by atoms with van der Waals surface area (Å²) in [5, 5.41) is 29.9. The van der Waals surface area contributed by atoms with Gasteiger partial charge in [0.1, 0.15) is 6.26 Å². The molecule has 4 N–H and O–H groups in total. The summed E-state index contributed by atoms with van der Waals surface area (Å²) in [4.78, 5) is 17.2. The molecular weight excluding hydrogens is 694 g/mol. The van der Waals surface area contributed by atoms with E-state index in [0.29, 0.717) is 29.6 Å². The molecule has 4 rings (SSSR count). The van der Waals surface area contributed by atoms with Crippen molar-refractivity contribution in [1.82, 2.24) is 10.2 Å². The van der Waals surface area contributed by atoms with Crippen LogP contribution in [-0.4, -0.2) is 66.7 Å². The number of halogens is 4. The Morgan fingerprint density at radius 2 is 1.12 bits per heavy atom. The fourth-order valence-corrected chi connectivity index (χ4v) is 4.48. The molecule has 262 valence electrons. The predicted octanol–water partition coefficient (Wildman–Crippen LogP) is 9.00. The molecule has 7 nitrogen and oxygen atoms in total. The zero-order valence-corrected chi connectivity index (χ0v) is 29.5. The molecule has 0 aliphatic heterocycles. The van der Waals surface area contributed by atoms with Crippen LogP contribution in [0.3, 0.4) is 0 Å². The van der Waals surface area contributed by atoms with Crippen molar-refractivity contribution in [2.45, 2.75) is 26.2 Å². The Balaban J connectivity index is 0.000000755. The van der Waals surface area contributed by atoms with Crippen molar-refractivity contribution in [3.63, 3.8) is 0 Å². The van der Waals surface area contributed by atoms with Crippen LogP contribution in [-0.2, 0) is 16.1 Å². The first kappa shape index (κ1) is 44.9. The fourth-order valence-electron chi connectivity index (χ4n) is 3.98.